The topological polar surface area (TPSA) is 90.3 Å². The summed E-state index contributed by atoms with van der Waals surface area (Å²) >= 11 is 0. The monoisotopic (exact) mass is 317 g/mol. The van der Waals surface area contributed by atoms with Crippen LogP contribution in [0.15, 0.2) is 29.1 Å². The first-order chi connectivity index (χ1) is 11.0. The minimum Gasteiger partial charge on any atom is -0.466 e. The van der Waals surface area contributed by atoms with E-state index < -0.39 is 5.97 Å². The molecular formula is C16H19N3O4. The molecule has 0 aliphatic heterocycles. The quantitative estimate of drug-likeness (QED) is 0.799. The van der Waals surface area contributed by atoms with Gasteiger partial charge in [-0.15, -0.1) is 0 Å². The van der Waals surface area contributed by atoms with Crippen molar-refractivity contribution < 1.29 is 14.3 Å². The molecule has 23 heavy (non-hydrogen) atoms. The number of ether oxygens (including phenoxy) is 1. The summed E-state index contributed by atoms with van der Waals surface area (Å²) in [6.07, 6.45) is 0.101. The third-order valence-electron chi connectivity index (χ3n) is 3.35. The average Bonchev–Trinajstić information content (AvgIpc) is 2.55. The molecular weight excluding hydrogens is 298 g/mol. The molecule has 0 unspecified atom stereocenters. The molecule has 1 aromatic carbocycles. The lowest BCUT2D eigenvalue weighted by atomic mass is 10.1. The number of benzene rings is 1. The van der Waals surface area contributed by atoms with Crippen LogP contribution in [0.4, 0.5) is 0 Å². The second-order valence-corrected chi connectivity index (χ2v) is 5.00. The van der Waals surface area contributed by atoms with E-state index in [0.717, 1.165) is 0 Å². The van der Waals surface area contributed by atoms with Crippen molar-refractivity contribution >= 4 is 22.6 Å². The summed E-state index contributed by atoms with van der Waals surface area (Å²) < 4.78 is 6.02. The van der Waals surface area contributed by atoms with E-state index in [4.69, 9.17) is 4.74 Å². The van der Waals surface area contributed by atoms with Gasteiger partial charge in [-0.2, -0.15) is 5.10 Å². The summed E-state index contributed by atoms with van der Waals surface area (Å²) in [7, 11) is 1.57. The van der Waals surface area contributed by atoms with Gasteiger partial charge in [-0.1, -0.05) is 18.2 Å². The predicted octanol–water partition coefficient (Wildman–Crippen LogP) is 0.893. The van der Waals surface area contributed by atoms with Gasteiger partial charge >= 0.3 is 5.97 Å². The number of fused-ring (bicyclic) bond motifs is 1. The van der Waals surface area contributed by atoms with Crippen molar-refractivity contribution in [3.63, 3.8) is 0 Å². The molecule has 1 heterocycles. The van der Waals surface area contributed by atoms with Crippen molar-refractivity contribution in [3.05, 3.63) is 40.3 Å². The molecule has 0 spiro atoms. The molecule has 0 saturated heterocycles. The fourth-order valence-corrected chi connectivity index (χ4v) is 2.23. The Bertz CT molecular complexity index is 782. The summed E-state index contributed by atoms with van der Waals surface area (Å²) in [6.45, 7) is 2.21. The van der Waals surface area contributed by atoms with Crippen LogP contribution in [0.1, 0.15) is 25.5 Å². The molecule has 0 radical (unpaired) electrons. The van der Waals surface area contributed by atoms with E-state index in [1.165, 1.54) is 4.68 Å². The highest BCUT2D eigenvalue weighted by molar-refractivity contribution is 5.84. The SMILES string of the molecule is CCOC(=O)CCC(=O)NCc1nn(C)c(=O)c2ccccc12. The third kappa shape index (κ3) is 4.15. The zero-order chi connectivity index (χ0) is 16.8. The summed E-state index contributed by atoms with van der Waals surface area (Å²) in [6, 6.07) is 7.12. The van der Waals surface area contributed by atoms with E-state index in [9.17, 15) is 14.4 Å². The van der Waals surface area contributed by atoms with Gasteiger partial charge in [-0.25, -0.2) is 4.68 Å². The van der Waals surface area contributed by atoms with E-state index in [2.05, 4.69) is 10.4 Å². The van der Waals surface area contributed by atoms with Crippen LogP contribution in [-0.2, 0) is 27.9 Å². The summed E-state index contributed by atoms with van der Waals surface area (Å²) in [5.41, 5.74) is 0.421. The fourth-order valence-electron chi connectivity index (χ4n) is 2.23. The summed E-state index contributed by atoms with van der Waals surface area (Å²) in [4.78, 5) is 35.0. The average molecular weight is 317 g/mol. The molecule has 2 rings (SSSR count). The van der Waals surface area contributed by atoms with Crippen LogP contribution in [-0.4, -0.2) is 28.3 Å². The lowest BCUT2D eigenvalue weighted by Gasteiger charge is -2.09. The molecule has 0 atom stereocenters. The Balaban J connectivity index is 2.05. The van der Waals surface area contributed by atoms with Gasteiger partial charge in [-0.3, -0.25) is 14.4 Å². The number of aryl methyl sites for hydroxylation is 1. The van der Waals surface area contributed by atoms with Crippen molar-refractivity contribution in [3.8, 4) is 0 Å². The van der Waals surface area contributed by atoms with Crippen molar-refractivity contribution in [2.24, 2.45) is 7.05 Å². The number of nitrogens with one attached hydrogen (secondary N) is 1. The molecule has 1 amide bonds. The first-order valence-electron chi connectivity index (χ1n) is 7.40. The van der Waals surface area contributed by atoms with Crippen molar-refractivity contribution in [1.29, 1.82) is 0 Å². The number of carbonyl (C=O) groups is 2. The molecule has 2 aromatic rings. The van der Waals surface area contributed by atoms with Gasteiger partial charge in [0.1, 0.15) is 0 Å². The van der Waals surface area contributed by atoms with Crippen LogP contribution in [0.2, 0.25) is 0 Å². The lowest BCUT2D eigenvalue weighted by Crippen LogP contribution is -2.27. The minimum atomic E-state index is -0.395. The normalized spacial score (nSPS) is 10.5. The van der Waals surface area contributed by atoms with E-state index in [1.54, 1.807) is 32.2 Å². The molecule has 0 saturated carbocycles. The molecule has 7 heteroatoms. The van der Waals surface area contributed by atoms with E-state index in [0.29, 0.717) is 23.1 Å². The molecule has 0 aliphatic rings. The second kappa shape index (κ2) is 7.53. The number of nitrogens with zero attached hydrogens (tertiary/aromatic N) is 2. The van der Waals surface area contributed by atoms with Crippen LogP contribution >= 0.6 is 0 Å². The van der Waals surface area contributed by atoms with Gasteiger partial charge in [0, 0.05) is 18.9 Å². The predicted molar refractivity (Wildman–Crippen MR) is 84.7 cm³/mol. The van der Waals surface area contributed by atoms with Gasteiger partial charge in [0.05, 0.1) is 30.7 Å². The van der Waals surface area contributed by atoms with Gasteiger partial charge < -0.3 is 10.1 Å². The molecule has 1 N–H and O–H groups in total. The van der Waals surface area contributed by atoms with E-state index in [-0.39, 0.29) is 30.9 Å². The molecule has 0 bridgehead atoms. The number of carbonyl (C=O) groups excluding carboxylic acids is 2. The highest BCUT2D eigenvalue weighted by Crippen LogP contribution is 2.12. The Labute approximate surface area is 133 Å². The zero-order valence-corrected chi connectivity index (χ0v) is 13.2. The maximum absolute atomic E-state index is 12.0. The van der Waals surface area contributed by atoms with Gasteiger partial charge in [0.2, 0.25) is 5.91 Å². The highest BCUT2D eigenvalue weighted by Gasteiger charge is 2.11. The fraction of sp³-hybridized carbons (Fsp3) is 0.375. The number of aromatic nitrogens is 2. The van der Waals surface area contributed by atoms with Crippen LogP contribution in [0.25, 0.3) is 10.8 Å². The van der Waals surface area contributed by atoms with Crippen molar-refractivity contribution in [2.75, 3.05) is 6.61 Å². The molecule has 0 fully saturated rings. The Morgan fingerprint density at radius 1 is 1.22 bits per heavy atom. The maximum atomic E-state index is 12.0. The first-order valence-corrected chi connectivity index (χ1v) is 7.40. The Kier molecular flexibility index (Phi) is 5.46. The molecule has 122 valence electrons. The third-order valence-corrected chi connectivity index (χ3v) is 3.35. The van der Waals surface area contributed by atoms with E-state index in [1.807, 2.05) is 6.07 Å². The summed E-state index contributed by atoms with van der Waals surface area (Å²) in [5.74, 6) is -0.661. The first kappa shape index (κ1) is 16.7. The Morgan fingerprint density at radius 3 is 2.61 bits per heavy atom. The van der Waals surface area contributed by atoms with Gasteiger partial charge in [0.25, 0.3) is 5.56 Å². The smallest absolute Gasteiger partial charge is 0.306 e. The number of amides is 1. The highest BCUT2D eigenvalue weighted by atomic mass is 16.5. The van der Waals surface area contributed by atoms with Gasteiger partial charge in [0.15, 0.2) is 0 Å². The number of rotatable bonds is 6. The van der Waals surface area contributed by atoms with Crippen LogP contribution in [0.3, 0.4) is 0 Å². The molecule has 0 aliphatic carbocycles. The van der Waals surface area contributed by atoms with Crippen molar-refractivity contribution in [1.82, 2.24) is 15.1 Å². The Hall–Kier alpha value is -2.70. The summed E-state index contributed by atoms with van der Waals surface area (Å²) in [5, 5.41) is 8.17. The lowest BCUT2D eigenvalue weighted by molar-refractivity contribution is -0.144. The zero-order valence-electron chi connectivity index (χ0n) is 13.2. The van der Waals surface area contributed by atoms with Crippen LogP contribution in [0.5, 0.6) is 0 Å². The minimum absolute atomic E-state index is 0.0428. The number of hydrogen-bond acceptors (Lipinski definition) is 5. The Morgan fingerprint density at radius 2 is 1.91 bits per heavy atom. The largest absolute Gasteiger partial charge is 0.466 e. The molecule has 1 aromatic heterocycles. The number of hydrogen-bond donors (Lipinski definition) is 1. The van der Waals surface area contributed by atoms with E-state index >= 15 is 0 Å². The van der Waals surface area contributed by atoms with Gasteiger partial charge in [-0.05, 0) is 13.0 Å². The molecule has 7 nitrogen and oxygen atoms in total. The standard InChI is InChI=1S/C16H19N3O4/c1-3-23-15(21)9-8-14(20)17-10-13-11-6-4-5-7-12(11)16(22)19(2)18-13/h4-7H,3,8-10H2,1-2H3,(H,17,20). The van der Waals surface area contributed by atoms with Crippen LogP contribution < -0.4 is 10.9 Å². The maximum Gasteiger partial charge on any atom is 0.306 e. The van der Waals surface area contributed by atoms with Crippen molar-refractivity contribution in [2.45, 2.75) is 26.3 Å². The number of esters is 1. The second-order valence-electron chi connectivity index (χ2n) is 5.00. The van der Waals surface area contributed by atoms with Crippen LogP contribution in [0, 0.1) is 0 Å².